The SMILES string of the molecule is C/C=C\n1cccc1CC.CC.CC. The van der Waals surface area contributed by atoms with E-state index in [1.807, 2.05) is 40.7 Å². The lowest BCUT2D eigenvalue weighted by Crippen LogP contribution is -1.89. The molecule has 1 rings (SSSR count). The molecule has 0 saturated carbocycles. The number of aromatic nitrogens is 1. The van der Waals surface area contributed by atoms with Crippen molar-refractivity contribution in [3.63, 3.8) is 0 Å². The standard InChI is InChI=1S/C9H13N.2C2H6/c1-3-7-10-8-5-6-9(10)4-2;2*1-2/h3,5-8H,4H2,1-2H3;2*1-2H3/b7-3-;;. The molecule has 1 heterocycles. The van der Waals surface area contributed by atoms with E-state index in [4.69, 9.17) is 0 Å². The average Bonchev–Trinajstić information content (AvgIpc) is 2.72. The fourth-order valence-electron chi connectivity index (χ4n) is 1.04. The average molecular weight is 195 g/mol. The van der Waals surface area contributed by atoms with Gasteiger partial charge in [0.15, 0.2) is 0 Å². The van der Waals surface area contributed by atoms with E-state index < -0.39 is 0 Å². The third-order valence-electron chi connectivity index (χ3n) is 1.54. The molecule has 0 aliphatic carbocycles. The minimum Gasteiger partial charge on any atom is -0.328 e. The zero-order valence-electron chi connectivity index (χ0n) is 10.5. The smallest absolute Gasteiger partial charge is 0.0218 e. The summed E-state index contributed by atoms with van der Waals surface area (Å²) in [5.41, 5.74) is 1.36. The summed E-state index contributed by atoms with van der Waals surface area (Å²) in [5, 5.41) is 0. The van der Waals surface area contributed by atoms with Crippen molar-refractivity contribution in [2.24, 2.45) is 0 Å². The van der Waals surface area contributed by atoms with Gasteiger partial charge in [-0.05, 0) is 25.5 Å². The highest BCUT2D eigenvalue weighted by molar-refractivity contribution is 5.27. The van der Waals surface area contributed by atoms with E-state index in [0.717, 1.165) is 6.42 Å². The van der Waals surface area contributed by atoms with Crippen LogP contribution in [-0.2, 0) is 6.42 Å². The topological polar surface area (TPSA) is 4.93 Å². The Labute approximate surface area is 89.5 Å². The zero-order chi connectivity index (χ0) is 11.4. The molecule has 1 aromatic rings. The summed E-state index contributed by atoms with van der Waals surface area (Å²) >= 11 is 0. The molecule has 0 aliphatic rings. The van der Waals surface area contributed by atoms with Gasteiger partial charge in [-0.15, -0.1) is 0 Å². The van der Waals surface area contributed by atoms with Gasteiger partial charge >= 0.3 is 0 Å². The van der Waals surface area contributed by atoms with Gasteiger partial charge in [0, 0.05) is 18.1 Å². The summed E-state index contributed by atoms with van der Waals surface area (Å²) < 4.78 is 2.14. The Balaban J connectivity index is 0. The van der Waals surface area contributed by atoms with Crippen molar-refractivity contribution in [3.05, 3.63) is 30.1 Å². The minimum atomic E-state index is 1.09. The molecule has 1 aromatic heterocycles. The van der Waals surface area contributed by atoms with E-state index in [-0.39, 0.29) is 0 Å². The van der Waals surface area contributed by atoms with Crippen LogP contribution in [0.1, 0.15) is 47.2 Å². The number of allylic oxidation sites excluding steroid dienone is 1. The lowest BCUT2D eigenvalue weighted by Gasteiger charge is -1.98. The van der Waals surface area contributed by atoms with Crippen LogP contribution >= 0.6 is 0 Å². The van der Waals surface area contributed by atoms with Crippen LogP contribution < -0.4 is 0 Å². The molecule has 0 spiro atoms. The van der Waals surface area contributed by atoms with Crippen molar-refractivity contribution >= 4 is 6.20 Å². The molecule has 1 heteroatoms. The molecule has 0 fully saturated rings. The Morgan fingerprint density at radius 1 is 1.21 bits per heavy atom. The van der Waals surface area contributed by atoms with Crippen molar-refractivity contribution in [2.45, 2.75) is 48.0 Å². The van der Waals surface area contributed by atoms with Crippen LogP contribution in [0.4, 0.5) is 0 Å². The zero-order valence-corrected chi connectivity index (χ0v) is 10.5. The lowest BCUT2D eigenvalue weighted by molar-refractivity contribution is 0.978. The molecular weight excluding hydrogens is 170 g/mol. The lowest BCUT2D eigenvalue weighted by atomic mass is 10.3. The molecular formula is C13H25N. The first kappa shape index (κ1) is 15.5. The second-order valence-corrected chi connectivity index (χ2v) is 2.24. The van der Waals surface area contributed by atoms with Crippen LogP contribution in [0.3, 0.4) is 0 Å². The van der Waals surface area contributed by atoms with E-state index in [2.05, 4.69) is 36.0 Å². The number of nitrogens with zero attached hydrogens (tertiary/aromatic N) is 1. The second kappa shape index (κ2) is 12.0. The summed E-state index contributed by atoms with van der Waals surface area (Å²) in [6, 6.07) is 4.21. The molecule has 82 valence electrons. The molecule has 0 aromatic carbocycles. The van der Waals surface area contributed by atoms with Crippen LogP contribution in [0.15, 0.2) is 24.4 Å². The fraction of sp³-hybridized carbons (Fsp3) is 0.538. The largest absolute Gasteiger partial charge is 0.328 e. The Morgan fingerprint density at radius 3 is 2.21 bits per heavy atom. The Morgan fingerprint density at radius 2 is 1.79 bits per heavy atom. The van der Waals surface area contributed by atoms with E-state index in [1.165, 1.54) is 5.69 Å². The number of hydrogen-bond donors (Lipinski definition) is 0. The van der Waals surface area contributed by atoms with Crippen LogP contribution in [0.2, 0.25) is 0 Å². The van der Waals surface area contributed by atoms with Gasteiger partial charge in [-0.25, -0.2) is 0 Å². The van der Waals surface area contributed by atoms with Gasteiger partial charge in [0.1, 0.15) is 0 Å². The predicted octanol–water partition coefficient (Wildman–Crippen LogP) is 4.59. The molecule has 1 nitrogen and oxygen atoms in total. The van der Waals surface area contributed by atoms with Gasteiger partial charge in [-0.2, -0.15) is 0 Å². The van der Waals surface area contributed by atoms with E-state index in [1.54, 1.807) is 0 Å². The summed E-state index contributed by atoms with van der Waals surface area (Å²) in [5.74, 6) is 0. The maximum absolute atomic E-state index is 2.16. The molecule has 0 amide bonds. The quantitative estimate of drug-likeness (QED) is 0.650. The highest BCUT2D eigenvalue weighted by Gasteiger charge is 1.91. The first-order chi connectivity index (χ1) is 6.88. The van der Waals surface area contributed by atoms with Crippen molar-refractivity contribution in [1.82, 2.24) is 4.57 Å². The normalized spacial score (nSPS) is 8.71. The van der Waals surface area contributed by atoms with Gasteiger partial charge in [-0.3, -0.25) is 0 Å². The number of rotatable bonds is 2. The molecule has 0 bridgehead atoms. The van der Waals surface area contributed by atoms with Crippen molar-refractivity contribution in [3.8, 4) is 0 Å². The minimum absolute atomic E-state index is 1.09. The summed E-state index contributed by atoms with van der Waals surface area (Å²) in [6.45, 7) is 12.2. The third-order valence-corrected chi connectivity index (χ3v) is 1.54. The molecule has 0 radical (unpaired) electrons. The first-order valence-corrected chi connectivity index (χ1v) is 5.67. The molecule has 0 unspecified atom stereocenters. The van der Waals surface area contributed by atoms with Crippen LogP contribution in [0.5, 0.6) is 0 Å². The molecule has 0 saturated heterocycles. The highest BCUT2D eigenvalue weighted by atomic mass is 14.9. The van der Waals surface area contributed by atoms with E-state index in [0.29, 0.717) is 0 Å². The summed E-state index contributed by atoms with van der Waals surface area (Å²) in [4.78, 5) is 0. The molecule has 0 N–H and O–H groups in total. The first-order valence-electron chi connectivity index (χ1n) is 5.67. The molecule has 0 aliphatic heterocycles. The van der Waals surface area contributed by atoms with Crippen molar-refractivity contribution in [2.75, 3.05) is 0 Å². The Bertz CT molecular complexity index is 221. The van der Waals surface area contributed by atoms with Gasteiger partial charge in [0.2, 0.25) is 0 Å². The fourth-order valence-corrected chi connectivity index (χ4v) is 1.04. The van der Waals surface area contributed by atoms with Gasteiger partial charge in [0.05, 0.1) is 0 Å². The van der Waals surface area contributed by atoms with E-state index >= 15 is 0 Å². The molecule has 14 heavy (non-hydrogen) atoms. The maximum Gasteiger partial charge on any atom is 0.0218 e. The highest BCUT2D eigenvalue weighted by Crippen LogP contribution is 2.02. The monoisotopic (exact) mass is 195 g/mol. The van der Waals surface area contributed by atoms with Crippen LogP contribution in [0, 0.1) is 0 Å². The maximum atomic E-state index is 2.16. The number of aryl methyl sites for hydroxylation is 1. The van der Waals surface area contributed by atoms with Gasteiger partial charge in [-0.1, -0.05) is 40.7 Å². The Hall–Kier alpha value is -0.980. The third kappa shape index (κ3) is 5.63. The molecule has 0 atom stereocenters. The summed E-state index contributed by atoms with van der Waals surface area (Å²) in [6.07, 6.45) is 7.27. The second-order valence-electron chi connectivity index (χ2n) is 2.24. The van der Waals surface area contributed by atoms with Crippen molar-refractivity contribution < 1.29 is 0 Å². The van der Waals surface area contributed by atoms with Crippen molar-refractivity contribution in [1.29, 1.82) is 0 Å². The van der Waals surface area contributed by atoms with Gasteiger partial charge in [0.25, 0.3) is 0 Å². The Kier molecular flexibility index (Phi) is 13.3. The van der Waals surface area contributed by atoms with E-state index in [9.17, 15) is 0 Å². The summed E-state index contributed by atoms with van der Waals surface area (Å²) in [7, 11) is 0. The number of hydrogen-bond acceptors (Lipinski definition) is 0. The predicted molar refractivity (Wildman–Crippen MR) is 67.5 cm³/mol. The van der Waals surface area contributed by atoms with Crippen LogP contribution in [0.25, 0.3) is 6.20 Å². The van der Waals surface area contributed by atoms with Crippen LogP contribution in [-0.4, -0.2) is 4.57 Å². The van der Waals surface area contributed by atoms with Gasteiger partial charge < -0.3 is 4.57 Å².